The smallest absolute Gasteiger partial charge is 0.263 e. The number of nitrogens with one attached hydrogen (secondary N) is 1. The Bertz CT molecular complexity index is 822. The number of hydrogen-bond donors (Lipinski definition) is 2. The first kappa shape index (κ1) is 14.5. The molecular weight excluding hydrogens is 304 g/mol. The van der Waals surface area contributed by atoms with Crippen LogP contribution >= 0.6 is 0 Å². The van der Waals surface area contributed by atoms with Crippen LogP contribution in [0.4, 0.5) is 5.82 Å². The van der Waals surface area contributed by atoms with E-state index >= 15 is 0 Å². The second kappa shape index (κ2) is 4.89. The number of anilines is 1. The summed E-state index contributed by atoms with van der Waals surface area (Å²) in [5.74, 6) is 0.169. The predicted molar refractivity (Wildman–Crippen MR) is 71.8 cm³/mol. The van der Waals surface area contributed by atoms with E-state index in [0.29, 0.717) is 0 Å². The molecule has 0 atom stereocenters. The van der Waals surface area contributed by atoms with E-state index in [4.69, 9.17) is 5.14 Å². The van der Waals surface area contributed by atoms with Crippen molar-refractivity contribution in [3.05, 3.63) is 36.5 Å². The lowest BCUT2D eigenvalue weighted by Gasteiger charge is -2.06. The van der Waals surface area contributed by atoms with E-state index in [1.54, 1.807) is 13.2 Å². The van der Waals surface area contributed by atoms with Crippen LogP contribution in [-0.4, -0.2) is 26.6 Å². The van der Waals surface area contributed by atoms with E-state index in [1.807, 2.05) is 0 Å². The van der Waals surface area contributed by atoms with Crippen molar-refractivity contribution in [2.45, 2.75) is 9.79 Å². The Kier molecular flexibility index (Phi) is 3.54. The van der Waals surface area contributed by atoms with Gasteiger partial charge in [-0.2, -0.15) is 5.10 Å². The monoisotopic (exact) mass is 316 g/mol. The van der Waals surface area contributed by atoms with Gasteiger partial charge in [-0.1, -0.05) is 0 Å². The summed E-state index contributed by atoms with van der Waals surface area (Å²) in [7, 11) is -6.02. The zero-order valence-electron chi connectivity index (χ0n) is 10.4. The third kappa shape index (κ3) is 3.15. The van der Waals surface area contributed by atoms with Crippen LogP contribution in [0, 0.1) is 0 Å². The average molecular weight is 316 g/mol. The molecule has 0 saturated heterocycles. The molecular formula is C10H12N4O4S2. The van der Waals surface area contributed by atoms with Crippen molar-refractivity contribution in [1.82, 2.24) is 9.78 Å². The van der Waals surface area contributed by atoms with Crippen molar-refractivity contribution in [3.63, 3.8) is 0 Å². The van der Waals surface area contributed by atoms with Crippen LogP contribution in [-0.2, 0) is 27.1 Å². The Balaban J connectivity index is 2.30. The molecule has 0 aliphatic heterocycles. The molecule has 0 unspecified atom stereocenters. The number of benzene rings is 1. The van der Waals surface area contributed by atoms with E-state index in [9.17, 15) is 16.8 Å². The summed E-state index contributed by atoms with van der Waals surface area (Å²) in [6.07, 6.45) is 1.59. The van der Waals surface area contributed by atoms with E-state index in [2.05, 4.69) is 9.82 Å². The topological polar surface area (TPSA) is 124 Å². The minimum atomic E-state index is -3.85. The molecule has 8 nitrogen and oxygen atoms in total. The molecule has 3 N–H and O–H groups in total. The first-order chi connectivity index (χ1) is 9.18. The van der Waals surface area contributed by atoms with Crippen molar-refractivity contribution in [1.29, 1.82) is 0 Å². The maximum Gasteiger partial charge on any atom is 0.263 e. The second-order valence-electron chi connectivity index (χ2n) is 4.00. The number of hydrogen-bond acceptors (Lipinski definition) is 5. The van der Waals surface area contributed by atoms with Crippen molar-refractivity contribution in [2.24, 2.45) is 12.2 Å². The average Bonchev–Trinajstić information content (AvgIpc) is 2.73. The Morgan fingerprint density at radius 1 is 1.05 bits per heavy atom. The molecule has 108 valence electrons. The third-order valence-electron chi connectivity index (χ3n) is 2.42. The van der Waals surface area contributed by atoms with Crippen LogP contribution < -0.4 is 9.86 Å². The van der Waals surface area contributed by atoms with Gasteiger partial charge >= 0.3 is 0 Å². The van der Waals surface area contributed by atoms with Crippen LogP contribution in [0.5, 0.6) is 0 Å². The summed E-state index contributed by atoms with van der Waals surface area (Å²) in [6, 6.07) is 6.07. The van der Waals surface area contributed by atoms with Crippen LogP contribution in [0.25, 0.3) is 0 Å². The zero-order chi connectivity index (χ0) is 15.0. The number of sulfonamides is 2. The van der Waals surface area contributed by atoms with Crippen molar-refractivity contribution in [2.75, 3.05) is 4.72 Å². The van der Waals surface area contributed by atoms with Gasteiger partial charge in [0.15, 0.2) is 5.82 Å². The van der Waals surface area contributed by atoms with Crippen molar-refractivity contribution >= 4 is 25.9 Å². The summed E-state index contributed by atoms with van der Waals surface area (Å²) in [5.41, 5.74) is 0. The molecule has 0 aliphatic rings. The molecule has 2 aromatic rings. The fraction of sp³-hybridized carbons (Fsp3) is 0.100. The van der Waals surface area contributed by atoms with Gasteiger partial charge in [0.1, 0.15) is 0 Å². The summed E-state index contributed by atoms with van der Waals surface area (Å²) < 4.78 is 50.0. The van der Waals surface area contributed by atoms with Gasteiger partial charge in [-0.05, 0) is 24.3 Å². The van der Waals surface area contributed by atoms with Crippen molar-refractivity contribution < 1.29 is 16.8 Å². The highest BCUT2D eigenvalue weighted by Gasteiger charge is 2.16. The molecule has 2 rings (SSSR count). The highest BCUT2D eigenvalue weighted by molar-refractivity contribution is 7.92. The Morgan fingerprint density at radius 2 is 1.60 bits per heavy atom. The summed E-state index contributed by atoms with van der Waals surface area (Å²) >= 11 is 0. The molecule has 0 aliphatic carbocycles. The van der Waals surface area contributed by atoms with E-state index < -0.39 is 20.0 Å². The highest BCUT2D eigenvalue weighted by Crippen LogP contribution is 2.16. The van der Waals surface area contributed by atoms with Gasteiger partial charge in [-0.25, -0.2) is 22.0 Å². The summed E-state index contributed by atoms with van der Waals surface area (Å²) in [5, 5.41) is 8.83. The van der Waals surface area contributed by atoms with Gasteiger partial charge in [0.05, 0.1) is 9.79 Å². The maximum absolute atomic E-state index is 12.0. The summed E-state index contributed by atoms with van der Waals surface area (Å²) in [6.45, 7) is 0. The lowest BCUT2D eigenvalue weighted by atomic mass is 10.4. The number of primary sulfonamides is 1. The molecule has 1 heterocycles. The maximum atomic E-state index is 12.0. The lowest BCUT2D eigenvalue weighted by molar-refractivity contribution is 0.595. The number of aryl methyl sites for hydroxylation is 1. The fourth-order valence-electron chi connectivity index (χ4n) is 1.47. The molecule has 0 radical (unpaired) electrons. The number of nitrogens with zero attached hydrogens (tertiary/aromatic N) is 2. The standard InChI is InChI=1S/C10H12N4O4S2/c1-14-7-6-10(12-14)13-20(17,18)9-4-2-8(3-5-9)19(11,15)16/h2-7H,1H3,(H,12,13)(H2,11,15,16). The van der Waals surface area contributed by atoms with Crippen LogP contribution in [0.15, 0.2) is 46.3 Å². The van der Waals surface area contributed by atoms with Gasteiger partial charge < -0.3 is 0 Å². The Hall–Kier alpha value is -1.91. The normalized spacial score (nSPS) is 12.3. The van der Waals surface area contributed by atoms with Gasteiger partial charge in [-0.3, -0.25) is 9.40 Å². The summed E-state index contributed by atoms with van der Waals surface area (Å²) in [4.78, 5) is -0.246. The van der Waals surface area contributed by atoms with E-state index in [-0.39, 0.29) is 15.6 Å². The van der Waals surface area contributed by atoms with Crippen molar-refractivity contribution in [3.8, 4) is 0 Å². The number of nitrogens with two attached hydrogens (primary N) is 1. The van der Waals surface area contributed by atoms with Crippen LogP contribution in [0.1, 0.15) is 0 Å². The zero-order valence-corrected chi connectivity index (χ0v) is 12.0. The van der Waals surface area contributed by atoms with Gasteiger partial charge in [-0.15, -0.1) is 0 Å². The van der Waals surface area contributed by atoms with Crippen LogP contribution in [0.2, 0.25) is 0 Å². The second-order valence-corrected chi connectivity index (χ2v) is 7.24. The molecule has 0 fully saturated rings. The Labute approximate surface area is 116 Å². The minimum Gasteiger partial charge on any atom is -0.274 e. The van der Waals surface area contributed by atoms with Gasteiger partial charge in [0.25, 0.3) is 10.0 Å². The molecule has 1 aromatic heterocycles. The van der Waals surface area contributed by atoms with E-state index in [1.165, 1.54) is 10.7 Å². The molecule has 10 heteroatoms. The largest absolute Gasteiger partial charge is 0.274 e. The van der Waals surface area contributed by atoms with Gasteiger partial charge in [0, 0.05) is 19.3 Å². The molecule has 20 heavy (non-hydrogen) atoms. The molecule has 0 saturated carbocycles. The lowest BCUT2D eigenvalue weighted by Crippen LogP contribution is -2.15. The first-order valence-corrected chi connectivity index (χ1v) is 8.37. The molecule has 0 amide bonds. The van der Waals surface area contributed by atoms with Gasteiger partial charge in [0.2, 0.25) is 10.0 Å². The highest BCUT2D eigenvalue weighted by atomic mass is 32.2. The first-order valence-electron chi connectivity index (χ1n) is 5.34. The Morgan fingerprint density at radius 3 is 2.05 bits per heavy atom. The van der Waals surface area contributed by atoms with Crippen LogP contribution in [0.3, 0.4) is 0 Å². The third-order valence-corrected chi connectivity index (χ3v) is 4.71. The number of rotatable bonds is 4. The minimum absolute atomic E-state index is 0.0875. The SMILES string of the molecule is Cn1ccc(NS(=O)(=O)c2ccc(S(N)(=O)=O)cc2)n1. The molecule has 1 aromatic carbocycles. The molecule has 0 spiro atoms. The predicted octanol–water partition coefficient (Wildman–Crippen LogP) is -0.132. The molecule has 0 bridgehead atoms. The quantitative estimate of drug-likeness (QED) is 0.813. The number of aromatic nitrogens is 2. The fourth-order valence-corrected chi connectivity index (χ4v) is 2.99. The van der Waals surface area contributed by atoms with E-state index in [0.717, 1.165) is 24.3 Å².